The van der Waals surface area contributed by atoms with Crippen LogP contribution in [0, 0.1) is 0 Å². The Balaban J connectivity index is 5.11. The van der Waals surface area contributed by atoms with Gasteiger partial charge in [-0.1, -0.05) is 12.8 Å². The standard InChI is InChI=1S/C16H32N2O4/c1-14(2,3)21-12(19)16(18,10-8-7-9-11-17)13(20)22-15(4,5)6/h7-11,17-18H2,1-6H3. The van der Waals surface area contributed by atoms with Crippen LogP contribution in [-0.2, 0) is 19.1 Å². The molecule has 0 saturated heterocycles. The fourth-order valence-corrected chi connectivity index (χ4v) is 1.75. The van der Waals surface area contributed by atoms with Gasteiger partial charge in [-0.2, -0.15) is 0 Å². The first-order valence-corrected chi connectivity index (χ1v) is 7.78. The van der Waals surface area contributed by atoms with Gasteiger partial charge in [0.1, 0.15) is 11.2 Å². The van der Waals surface area contributed by atoms with Gasteiger partial charge in [-0.3, -0.25) is 0 Å². The summed E-state index contributed by atoms with van der Waals surface area (Å²) in [5, 5.41) is 0. The van der Waals surface area contributed by atoms with E-state index in [1.54, 1.807) is 41.5 Å². The molecule has 6 heteroatoms. The minimum atomic E-state index is -1.78. The number of ether oxygens (including phenoxy) is 2. The zero-order chi connectivity index (χ0) is 17.6. The SMILES string of the molecule is CC(C)(C)OC(=O)C(N)(CCCCCN)C(=O)OC(C)(C)C. The topological polar surface area (TPSA) is 105 Å². The van der Waals surface area contributed by atoms with Gasteiger partial charge >= 0.3 is 11.9 Å². The monoisotopic (exact) mass is 316 g/mol. The number of carbonyl (C=O) groups excluding carboxylic acids is 2. The third kappa shape index (κ3) is 7.75. The smallest absolute Gasteiger partial charge is 0.338 e. The molecule has 0 aromatic carbocycles. The van der Waals surface area contributed by atoms with Crippen LogP contribution in [0.3, 0.4) is 0 Å². The van der Waals surface area contributed by atoms with Crippen molar-refractivity contribution in [3.05, 3.63) is 0 Å². The van der Waals surface area contributed by atoms with Crippen LogP contribution in [0.4, 0.5) is 0 Å². The summed E-state index contributed by atoms with van der Waals surface area (Å²) < 4.78 is 10.6. The van der Waals surface area contributed by atoms with Gasteiger partial charge in [0.15, 0.2) is 0 Å². The Morgan fingerprint density at radius 2 is 1.23 bits per heavy atom. The van der Waals surface area contributed by atoms with E-state index in [0.717, 1.165) is 12.8 Å². The van der Waals surface area contributed by atoms with E-state index in [9.17, 15) is 9.59 Å². The lowest BCUT2D eigenvalue weighted by atomic mass is 9.92. The first kappa shape index (κ1) is 20.9. The number of hydrogen-bond acceptors (Lipinski definition) is 6. The minimum absolute atomic E-state index is 0.177. The molecule has 0 aromatic heterocycles. The van der Waals surface area contributed by atoms with Crippen LogP contribution in [0.5, 0.6) is 0 Å². The Hall–Kier alpha value is -1.14. The van der Waals surface area contributed by atoms with Gasteiger partial charge in [0.25, 0.3) is 0 Å². The van der Waals surface area contributed by atoms with Crippen LogP contribution in [0.25, 0.3) is 0 Å². The Labute approximate surface area is 133 Å². The van der Waals surface area contributed by atoms with E-state index in [1.807, 2.05) is 0 Å². The lowest BCUT2D eigenvalue weighted by molar-refractivity contribution is -0.177. The summed E-state index contributed by atoms with van der Waals surface area (Å²) in [4.78, 5) is 24.8. The maximum Gasteiger partial charge on any atom is 0.338 e. The molecule has 0 saturated carbocycles. The first-order chi connectivity index (χ1) is 9.82. The molecule has 130 valence electrons. The van der Waals surface area contributed by atoms with Crippen molar-refractivity contribution in [2.24, 2.45) is 11.5 Å². The zero-order valence-electron chi connectivity index (χ0n) is 14.8. The van der Waals surface area contributed by atoms with Gasteiger partial charge in [-0.15, -0.1) is 0 Å². The third-order valence-corrected chi connectivity index (χ3v) is 2.80. The lowest BCUT2D eigenvalue weighted by Crippen LogP contribution is -2.59. The van der Waals surface area contributed by atoms with E-state index in [1.165, 1.54) is 0 Å². The van der Waals surface area contributed by atoms with Crippen molar-refractivity contribution >= 4 is 11.9 Å². The Bertz CT molecular complexity index is 353. The highest BCUT2D eigenvalue weighted by atomic mass is 16.6. The molecular weight excluding hydrogens is 284 g/mol. The van der Waals surface area contributed by atoms with Gasteiger partial charge in [0.2, 0.25) is 5.54 Å². The van der Waals surface area contributed by atoms with Crippen molar-refractivity contribution in [2.75, 3.05) is 6.54 Å². The van der Waals surface area contributed by atoms with Crippen molar-refractivity contribution < 1.29 is 19.1 Å². The summed E-state index contributed by atoms with van der Waals surface area (Å²) in [5.41, 5.74) is 8.33. The average molecular weight is 316 g/mol. The van der Waals surface area contributed by atoms with Crippen LogP contribution in [0.15, 0.2) is 0 Å². The summed E-state index contributed by atoms with van der Waals surface area (Å²) in [6.45, 7) is 11.0. The molecular formula is C16H32N2O4. The number of esters is 2. The number of unbranched alkanes of at least 4 members (excludes halogenated alkanes) is 2. The quantitative estimate of drug-likeness (QED) is 0.422. The van der Waals surface area contributed by atoms with Crippen molar-refractivity contribution in [3.63, 3.8) is 0 Å². The van der Waals surface area contributed by atoms with E-state index in [0.29, 0.717) is 13.0 Å². The van der Waals surface area contributed by atoms with Crippen molar-refractivity contribution in [2.45, 2.75) is 84.0 Å². The second-order valence-electron chi connectivity index (χ2n) is 7.57. The predicted octanol–water partition coefficient (Wildman–Crippen LogP) is 1.89. The second-order valence-corrected chi connectivity index (χ2v) is 7.57. The molecule has 4 N–H and O–H groups in total. The van der Waals surface area contributed by atoms with E-state index in [-0.39, 0.29) is 6.42 Å². The van der Waals surface area contributed by atoms with E-state index in [4.69, 9.17) is 20.9 Å². The van der Waals surface area contributed by atoms with Crippen molar-refractivity contribution in [1.82, 2.24) is 0 Å². The van der Waals surface area contributed by atoms with Gasteiger partial charge in [0, 0.05) is 0 Å². The van der Waals surface area contributed by atoms with E-state index in [2.05, 4.69) is 0 Å². The minimum Gasteiger partial charge on any atom is -0.458 e. The average Bonchev–Trinajstić information content (AvgIpc) is 2.29. The molecule has 6 nitrogen and oxygen atoms in total. The summed E-state index contributed by atoms with van der Waals surface area (Å²) in [6.07, 6.45) is 2.39. The van der Waals surface area contributed by atoms with Crippen molar-refractivity contribution in [1.29, 1.82) is 0 Å². The second kappa shape index (κ2) is 7.92. The molecule has 0 aliphatic rings. The molecule has 0 heterocycles. The molecule has 0 amide bonds. The molecule has 0 aliphatic heterocycles. The van der Waals surface area contributed by atoms with Crippen LogP contribution in [-0.4, -0.2) is 35.2 Å². The molecule has 0 aliphatic carbocycles. The molecule has 0 fully saturated rings. The molecule has 0 unspecified atom stereocenters. The van der Waals surface area contributed by atoms with Crippen LogP contribution >= 0.6 is 0 Å². The number of rotatable bonds is 7. The number of nitrogens with two attached hydrogens (primary N) is 2. The van der Waals surface area contributed by atoms with Gasteiger partial charge < -0.3 is 20.9 Å². The first-order valence-electron chi connectivity index (χ1n) is 7.78. The van der Waals surface area contributed by atoms with Gasteiger partial charge in [-0.25, -0.2) is 9.59 Å². The number of hydrogen-bond donors (Lipinski definition) is 2. The molecule has 0 rings (SSSR count). The fourth-order valence-electron chi connectivity index (χ4n) is 1.75. The number of carbonyl (C=O) groups is 2. The summed E-state index contributed by atoms with van der Waals surface area (Å²) in [6, 6.07) is 0. The van der Waals surface area contributed by atoms with Crippen LogP contribution in [0.1, 0.15) is 67.2 Å². The van der Waals surface area contributed by atoms with E-state index >= 15 is 0 Å². The highest BCUT2D eigenvalue weighted by molar-refractivity contribution is 6.04. The Morgan fingerprint density at radius 1 is 0.818 bits per heavy atom. The molecule has 0 aromatic rings. The normalized spacial score (nSPS) is 12.9. The molecule has 0 atom stereocenters. The van der Waals surface area contributed by atoms with Crippen LogP contribution in [0.2, 0.25) is 0 Å². The zero-order valence-corrected chi connectivity index (χ0v) is 14.8. The van der Waals surface area contributed by atoms with E-state index < -0.39 is 28.7 Å². The Kier molecular flexibility index (Phi) is 7.51. The molecule has 0 spiro atoms. The highest BCUT2D eigenvalue weighted by Crippen LogP contribution is 2.22. The molecule has 0 bridgehead atoms. The third-order valence-electron chi connectivity index (χ3n) is 2.80. The summed E-state index contributed by atoms with van der Waals surface area (Å²) in [7, 11) is 0. The molecule has 0 radical (unpaired) electrons. The lowest BCUT2D eigenvalue weighted by Gasteiger charge is -2.32. The summed E-state index contributed by atoms with van der Waals surface area (Å²) >= 11 is 0. The maximum atomic E-state index is 12.4. The predicted molar refractivity (Wildman–Crippen MR) is 86.1 cm³/mol. The Morgan fingerprint density at radius 3 is 1.55 bits per heavy atom. The van der Waals surface area contributed by atoms with Gasteiger partial charge in [-0.05, 0) is 60.9 Å². The molecule has 22 heavy (non-hydrogen) atoms. The van der Waals surface area contributed by atoms with Gasteiger partial charge in [0.05, 0.1) is 0 Å². The van der Waals surface area contributed by atoms with Crippen molar-refractivity contribution in [3.8, 4) is 0 Å². The van der Waals surface area contributed by atoms with Crippen LogP contribution < -0.4 is 11.5 Å². The highest BCUT2D eigenvalue weighted by Gasteiger charge is 2.47. The summed E-state index contributed by atoms with van der Waals surface area (Å²) in [5.74, 6) is -1.50. The maximum absolute atomic E-state index is 12.4. The fraction of sp³-hybridized carbons (Fsp3) is 0.875. The largest absolute Gasteiger partial charge is 0.458 e.